The van der Waals surface area contributed by atoms with Gasteiger partial charge in [-0.2, -0.15) is 0 Å². The van der Waals surface area contributed by atoms with Crippen molar-refractivity contribution in [3.63, 3.8) is 0 Å². The van der Waals surface area contributed by atoms with Crippen molar-refractivity contribution in [3.8, 4) is 0 Å². The standard InChI is InChI=1S/C22H31N3O3/c26-19-13-20(23-14-19)22(28)24-10-7-16(8-11-24)5-6-21(27)25-12-9-17-3-1-2-4-18(17)15-25/h1-4,16,19-20,23,26H,5-15H2. The molecule has 0 aliphatic carbocycles. The quantitative estimate of drug-likeness (QED) is 0.820. The molecule has 0 bridgehead atoms. The van der Waals surface area contributed by atoms with E-state index in [1.54, 1.807) is 0 Å². The van der Waals surface area contributed by atoms with Crippen LogP contribution in [0, 0.1) is 5.92 Å². The third-order valence-corrected chi connectivity index (χ3v) is 6.58. The average Bonchev–Trinajstić information content (AvgIpc) is 3.17. The molecule has 2 amide bonds. The Morgan fingerprint density at radius 3 is 2.54 bits per heavy atom. The Kier molecular flexibility index (Phi) is 5.97. The van der Waals surface area contributed by atoms with E-state index in [2.05, 4.69) is 23.5 Å². The largest absolute Gasteiger partial charge is 0.392 e. The summed E-state index contributed by atoms with van der Waals surface area (Å²) in [5.74, 6) is 0.905. The van der Waals surface area contributed by atoms with Crippen LogP contribution in [0.3, 0.4) is 0 Å². The second-order valence-corrected chi connectivity index (χ2v) is 8.49. The van der Waals surface area contributed by atoms with Crippen molar-refractivity contribution in [2.24, 2.45) is 5.92 Å². The molecule has 1 aromatic carbocycles. The lowest BCUT2D eigenvalue weighted by Crippen LogP contribution is -2.47. The topological polar surface area (TPSA) is 72.9 Å². The van der Waals surface area contributed by atoms with E-state index in [1.165, 1.54) is 11.1 Å². The maximum atomic E-state index is 12.7. The van der Waals surface area contributed by atoms with E-state index in [9.17, 15) is 14.7 Å². The van der Waals surface area contributed by atoms with Gasteiger partial charge in [-0.15, -0.1) is 0 Å². The summed E-state index contributed by atoms with van der Waals surface area (Å²) in [5, 5.41) is 12.7. The van der Waals surface area contributed by atoms with Crippen molar-refractivity contribution in [1.82, 2.24) is 15.1 Å². The van der Waals surface area contributed by atoms with Crippen LogP contribution in [-0.2, 0) is 22.6 Å². The molecule has 0 spiro atoms. The van der Waals surface area contributed by atoms with Crippen LogP contribution in [0.1, 0.15) is 43.2 Å². The van der Waals surface area contributed by atoms with Crippen LogP contribution < -0.4 is 5.32 Å². The average molecular weight is 386 g/mol. The van der Waals surface area contributed by atoms with Crippen molar-refractivity contribution < 1.29 is 14.7 Å². The molecule has 0 radical (unpaired) electrons. The number of likely N-dealkylation sites (tertiary alicyclic amines) is 1. The first-order chi connectivity index (χ1) is 13.6. The number of fused-ring (bicyclic) bond motifs is 1. The highest BCUT2D eigenvalue weighted by Crippen LogP contribution is 2.25. The van der Waals surface area contributed by atoms with Gasteiger partial charge in [0.2, 0.25) is 11.8 Å². The van der Waals surface area contributed by atoms with Gasteiger partial charge < -0.3 is 20.2 Å². The fourth-order valence-corrected chi connectivity index (χ4v) is 4.76. The van der Waals surface area contributed by atoms with Crippen molar-refractivity contribution in [1.29, 1.82) is 0 Å². The molecule has 28 heavy (non-hydrogen) atoms. The molecule has 6 nitrogen and oxygen atoms in total. The summed E-state index contributed by atoms with van der Waals surface area (Å²) < 4.78 is 0. The highest BCUT2D eigenvalue weighted by molar-refractivity contribution is 5.82. The smallest absolute Gasteiger partial charge is 0.239 e. The molecule has 152 valence electrons. The van der Waals surface area contributed by atoms with Crippen LogP contribution in [0.2, 0.25) is 0 Å². The summed E-state index contributed by atoms with van der Waals surface area (Å²) in [6.45, 7) is 3.60. The zero-order valence-corrected chi connectivity index (χ0v) is 16.5. The van der Waals surface area contributed by atoms with Crippen LogP contribution in [0.4, 0.5) is 0 Å². The number of rotatable bonds is 4. The van der Waals surface area contributed by atoms with E-state index >= 15 is 0 Å². The Morgan fingerprint density at radius 1 is 1.07 bits per heavy atom. The fraction of sp³-hybridized carbons (Fsp3) is 0.636. The molecule has 1 aromatic rings. The molecule has 3 aliphatic heterocycles. The third-order valence-electron chi connectivity index (χ3n) is 6.58. The summed E-state index contributed by atoms with van der Waals surface area (Å²) in [4.78, 5) is 29.1. The highest BCUT2D eigenvalue weighted by Gasteiger charge is 2.33. The molecule has 2 fully saturated rings. The summed E-state index contributed by atoms with van der Waals surface area (Å²) in [6, 6.07) is 8.17. The molecule has 0 aromatic heterocycles. The van der Waals surface area contributed by atoms with Gasteiger partial charge in [0, 0.05) is 39.1 Å². The van der Waals surface area contributed by atoms with E-state index in [4.69, 9.17) is 0 Å². The number of carbonyl (C=O) groups is 2. The first-order valence-corrected chi connectivity index (χ1v) is 10.6. The number of hydrogen-bond acceptors (Lipinski definition) is 4. The molecular weight excluding hydrogens is 354 g/mol. The van der Waals surface area contributed by atoms with Gasteiger partial charge in [-0.1, -0.05) is 24.3 Å². The SMILES string of the molecule is O=C(CCC1CCN(C(=O)C2CC(O)CN2)CC1)N1CCc2ccccc2C1. The summed E-state index contributed by atoms with van der Waals surface area (Å²) in [6.07, 6.45) is 4.53. The fourth-order valence-electron chi connectivity index (χ4n) is 4.76. The first kappa shape index (κ1) is 19.4. The van der Waals surface area contributed by atoms with E-state index < -0.39 is 6.10 Å². The normalized spacial score (nSPS) is 25.6. The van der Waals surface area contributed by atoms with Crippen molar-refractivity contribution in [2.45, 2.75) is 57.2 Å². The molecule has 3 aliphatic rings. The summed E-state index contributed by atoms with van der Waals surface area (Å²) >= 11 is 0. The Hall–Kier alpha value is -1.92. The molecule has 4 rings (SSSR count). The van der Waals surface area contributed by atoms with E-state index in [0.717, 1.165) is 51.9 Å². The molecule has 2 atom stereocenters. The maximum Gasteiger partial charge on any atom is 0.239 e. The number of amides is 2. The van der Waals surface area contributed by atoms with Gasteiger partial charge in [-0.25, -0.2) is 0 Å². The summed E-state index contributed by atoms with van der Waals surface area (Å²) in [5.41, 5.74) is 2.65. The molecule has 2 unspecified atom stereocenters. The number of benzene rings is 1. The predicted molar refractivity (Wildman–Crippen MR) is 107 cm³/mol. The second-order valence-electron chi connectivity index (χ2n) is 8.49. The van der Waals surface area contributed by atoms with Crippen LogP contribution in [-0.4, -0.2) is 65.0 Å². The van der Waals surface area contributed by atoms with Crippen LogP contribution in [0.5, 0.6) is 0 Å². The van der Waals surface area contributed by atoms with Crippen molar-refractivity contribution in [3.05, 3.63) is 35.4 Å². The van der Waals surface area contributed by atoms with E-state index in [-0.39, 0.29) is 17.9 Å². The van der Waals surface area contributed by atoms with Crippen LogP contribution >= 0.6 is 0 Å². The second kappa shape index (κ2) is 8.62. The predicted octanol–water partition coefficient (Wildman–Crippen LogP) is 1.31. The van der Waals surface area contributed by atoms with Gasteiger partial charge >= 0.3 is 0 Å². The van der Waals surface area contributed by atoms with Crippen molar-refractivity contribution in [2.75, 3.05) is 26.2 Å². The van der Waals surface area contributed by atoms with E-state index in [1.807, 2.05) is 15.9 Å². The lowest BCUT2D eigenvalue weighted by atomic mass is 9.91. The van der Waals surface area contributed by atoms with Gasteiger partial charge in [0.1, 0.15) is 0 Å². The zero-order chi connectivity index (χ0) is 19.5. The van der Waals surface area contributed by atoms with Gasteiger partial charge in [-0.3, -0.25) is 9.59 Å². The summed E-state index contributed by atoms with van der Waals surface area (Å²) in [7, 11) is 0. The number of nitrogens with zero attached hydrogens (tertiary/aromatic N) is 2. The number of nitrogens with one attached hydrogen (secondary N) is 1. The minimum absolute atomic E-state index is 0.123. The number of carbonyl (C=O) groups excluding carboxylic acids is 2. The number of β-amino-alcohol motifs (C(OH)–C–C–N with tert-alkyl or cyclic N) is 1. The van der Waals surface area contributed by atoms with Gasteiger partial charge in [0.15, 0.2) is 0 Å². The third kappa shape index (κ3) is 4.39. The Balaban J connectivity index is 1.19. The molecular formula is C22H31N3O3. The van der Waals surface area contributed by atoms with Gasteiger partial charge in [0.25, 0.3) is 0 Å². The number of hydrogen-bond donors (Lipinski definition) is 2. The first-order valence-electron chi connectivity index (χ1n) is 10.6. The molecule has 3 heterocycles. The zero-order valence-electron chi connectivity index (χ0n) is 16.5. The Bertz CT molecular complexity index is 715. The molecule has 2 saturated heterocycles. The lowest BCUT2D eigenvalue weighted by molar-refractivity contribution is -0.135. The number of aliphatic hydroxyl groups excluding tert-OH is 1. The molecule has 6 heteroatoms. The van der Waals surface area contributed by atoms with Crippen LogP contribution in [0.25, 0.3) is 0 Å². The van der Waals surface area contributed by atoms with Gasteiger partial charge in [-0.05, 0) is 49.1 Å². The molecule has 2 N–H and O–H groups in total. The van der Waals surface area contributed by atoms with Crippen molar-refractivity contribution >= 4 is 11.8 Å². The lowest BCUT2D eigenvalue weighted by Gasteiger charge is -2.34. The number of piperidine rings is 1. The monoisotopic (exact) mass is 385 g/mol. The van der Waals surface area contributed by atoms with Crippen LogP contribution in [0.15, 0.2) is 24.3 Å². The molecule has 0 saturated carbocycles. The highest BCUT2D eigenvalue weighted by atomic mass is 16.3. The Morgan fingerprint density at radius 2 is 1.82 bits per heavy atom. The minimum atomic E-state index is -0.403. The maximum absolute atomic E-state index is 12.7. The Labute approximate surface area is 166 Å². The number of aliphatic hydroxyl groups is 1. The van der Waals surface area contributed by atoms with Gasteiger partial charge in [0.05, 0.1) is 12.1 Å². The minimum Gasteiger partial charge on any atom is -0.392 e. The van der Waals surface area contributed by atoms with E-state index in [0.29, 0.717) is 25.3 Å².